The van der Waals surface area contributed by atoms with Crippen molar-refractivity contribution in [2.75, 3.05) is 20.8 Å². The third kappa shape index (κ3) is 5.34. The van der Waals surface area contributed by atoms with Crippen molar-refractivity contribution in [3.05, 3.63) is 42.0 Å². The number of hydrogen-bond donors (Lipinski definition) is 0. The fraction of sp³-hybridized carbons (Fsp3) is 0.467. The van der Waals surface area contributed by atoms with E-state index in [0.717, 1.165) is 23.3 Å². The molecule has 0 amide bonds. The molecule has 1 aromatic carbocycles. The van der Waals surface area contributed by atoms with E-state index in [1.807, 2.05) is 31.2 Å². The molecule has 0 aliphatic heterocycles. The van der Waals surface area contributed by atoms with Crippen molar-refractivity contribution in [1.82, 2.24) is 0 Å². The first-order valence-corrected chi connectivity index (χ1v) is 6.03. The summed E-state index contributed by atoms with van der Waals surface area (Å²) in [5, 5.41) is 0. The zero-order chi connectivity index (χ0) is 13.4. The molecule has 1 rings (SSSR count). The first kappa shape index (κ1) is 14.7. The summed E-state index contributed by atoms with van der Waals surface area (Å²) in [5.74, 6) is 0.857. The predicted octanol–water partition coefficient (Wildman–Crippen LogP) is 3.19. The van der Waals surface area contributed by atoms with E-state index < -0.39 is 0 Å². The van der Waals surface area contributed by atoms with Crippen LogP contribution in [0.15, 0.2) is 36.4 Å². The molecule has 0 saturated heterocycles. The van der Waals surface area contributed by atoms with Crippen LogP contribution in [-0.4, -0.2) is 26.9 Å². The van der Waals surface area contributed by atoms with Gasteiger partial charge in [-0.3, -0.25) is 0 Å². The quantitative estimate of drug-likeness (QED) is 0.663. The molecule has 100 valence electrons. The monoisotopic (exact) mass is 250 g/mol. The fourth-order valence-corrected chi connectivity index (χ4v) is 1.63. The molecule has 0 fully saturated rings. The van der Waals surface area contributed by atoms with Crippen molar-refractivity contribution in [2.45, 2.75) is 26.1 Å². The highest BCUT2D eigenvalue weighted by atomic mass is 16.5. The number of methoxy groups -OCH3 is 2. The molecule has 3 heteroatoms. The summed E-state index contributed by atoms with van der Waals surface area (Å²) in [7, 11) is 3.36. The first-order chi connectivity index (χ1) is 8.65. The molecule has 0 saturated carbocycles. The Hall–Kier alpha value is -1.32. The summed E-state index contributed by atoms with van der Waals surface area (Å²) in [6, 6.07) is 7.86. The molecule has 1 atom stereocenters. The number of rotatable bonds is 8. The van der Waals surface area contributed by atoms with Gasteiger partial charge in [-0.1, -0.05) is 17.7 Å². The zero-order valence-electron chi connectivity index (χ0n) is 11.4. The molecule has 0 bridgehead atoms. The highest BCUT2D eigenvalue weighted by Crippen LogP contribution is 2.12. The van der Waals surface area contributed by atoms with Crippen LogP contribution in [0, 0.1) is 0 Å². The summed E-state index contributed by atoms with van der Waals surface area (Å²) in [6.07, 6.45) is 0.916. The topological polar surface area (TPSA) is 27.7 Å². The summed E-state index contributed by atoms with van der Waals surface area (Å²) in [5.41, 5.74) is 2.23. The molecule has 0 aromatic heterocycles. The van der Waals surface area contributed by atoms with Gasteiger partial charge < -0.3 is 14.2 Å². The molecule has 0 aliphatic rings. The fourth-order valence-electron chi connectivity index (χ4n) is 1.63. The van der Waals surface area contributed by atoms with E-state index in [0.29, 0.717) is 13.2 Å². The van der Waals surface area contributed by atoms with Gasteiger partial charge >= 0.3 is 0 Å². The molecular formula is C15H22O3. The highest BCUT2D eigenvalue weighted by Gasteiger charge is 2.07. The lowest BCUT2D eigenvalue weighted by Gasteiger charge is -2.15. The number of hydrogen-bond acceptors (Lipinski definition) is 3. The van der Waals surface area contributed by atoms with Gasteiger partial charge in [0.15, 0.2) is 0 Å². The molecule has 0 unspecified atom stereocenters. The Morgan fingerprint density at radius 3 is 2.39 bits per heavy atom. The SMILES string of the molecule is C=C(C)C[C@H](COCc1ccc(OC)cc1)OC. The van der Waals surface area contributed by atoms with Gasteiger partial charge in [0.2, 0.25) is 0 Å². The summed E-state index contributed by atoms with van der Waals surface area (Å²) in [6.45, 7) is 7.04. The average Bonchev–Trinajstić information content (AvgIpc) is 2.38. The Labute approximate surface area is 109 Å². The van der Waals surface area contributed by atoms with Crippen molar-refractivity contribution < 1.29 is 14.2 Å². The van der Waals surface area contributed by atoms with Crippen LogP contribution in [0.5, 0.6) is 5.75 Å². The lowest BCUT2D eigenvalue weighted by Crippen LogP contribution is -2.18. The van der Waals surface area contributed by atoms with Crippen molar-refractivity contribution in [3.8, 4) is 5.75 Å². The third-order valence-electron chi connectivity index (χ3n) is 2.64. The largest absolute Gasteiger partial charge is 0.497 e. The van der Waals surface area contributed by atoms with E-state index in [2.05, 4.69) is 6.58 Å². The van der Waals surface area contributed by atoms with E-state index in [1.165, 1.54) is 0 Å². The van der Waals surface area contributed by atoms with Gasteiger partial charge in [0, 0.05) is 7.11 Å². The van der Waals surface area contributed by atoms with Gasteiger partial charge in [0.1, 0.15) is 5.75 Å². The third-order valence-corrected chi connectivity index (χ3v) is 2.64. The maximum atomic E-state index is 5.64. The molecule has 0 aliphatic carbocycles. The lowest BCUT2D eigenvalue weighted by molar-refractivity contribution is 0.00261. The van der Waals surface area contributed by atoms with Gasteiger partial charge in [0.25, 0.3) is 0 Å². The van der Waals surface area contributed by atoms with Crippen LogP contribution >= 0.6 is 0 Å². The van der Waals surface area contributed by atoms with Crippen LogP contribution < -0.4 is 4.74 Å². The van der Waals surface area contributed by atoms with Crippen LogP contribution in [0.25, 0.3) is 0 Å². The molecular weight excluding hydrogens is 228 g/mol. The average molecular weight is 250 g/mol. The van der Waals surface area contributed by atoms with Crippen LogP contribution in [0.4, 0.5) is 0 Å². The predicted molar refractivity (Wildman–Crippen MR) is 72.9 cm³/mol. The van der Waals surface area contributed by atoms with E-state index in [-0.39, 0.29) is 6.10 Å². The standard InChI is InChI=1S/C15H22O3/c1-12(2)9-15(17-4)11-18-10-13-5-7-14(16-3)8-6-13/h5-8,15H,1,9-11H2,2-4H3/t15-/m1/s1. The minimum Gasteiger partial charge on any atom is -0.497 e. The Morgan fingerprint density at radius 1 is 1.22 bits per heavy atom. The normalized spacial score (nSPS) is 12.2. The Balaban J connectivity index is 2.33. The van der Waals surface area contributed by atoms with Gasteiger partial charge in [-0.05, 0) is 31.0 Å². The summed E-state index contributed by atoms with van der Waals surface area (Å²) < 4.78 is 16.1. The smallest absolute Gasteiger partial charge is 0.118 e. The van der Waals surface area contributed by atoms with E-state index in [1.54, 1.807) is 14.2 Å². The first-order valence-electron chi connectivity index (χ1n) is 6.03. The molecule has 0 radical (unpaired) electrons. The van der Waals surface area contributed by atoms with Crippen LogP contribution in [0.2, 0.25) is 0 Å². The highest BCUT2D eigenvalue weighted by molar-refractivity contribution is 5.26. The Bertz CT molecular complexity index is 357. The van der Waals surface area contributed by atoms with E-state index in [4.69, 9.17) is 14.2 Å². The minimum atomic E-state index is 0.0840. The van der Waals surface area contributed by atoms with Gasteiger partial charge in [-0.2, -0.15) is 0 Å². The molecule has 18 heavy (non-hydrogen) atoms. The number of ether oxygens (including phenoxy) is 3. The number of benzene rings is 1. The Morgan fingerprint density at radius 2 is 1.89 bits per heavy atom. The zero-order valence-corrected chi connectivity index (χ0v) is 11.4. The van der Waals surface area contributed by atoms with Crippen molar-refractivity contribution in [2.24, 2.45) is 0 Å². The Kier molecular flexibility index (Phi) is 6.47. The second-order valence-electron chi connectivity index (χ2n) is 4.38. The van der Waals surface area contributed by atoms with Crippen LogP contribution in [-0.2, 0) is 16.1 Å². The molecule has 0 spiro atoms. The minimum absolute atomic E-state index is 0.0840. The van der Waals surface area contributed by atoms with Crippen molar-refractivity contribution in [1.29, 1.82) is 0 Å². The van der Waals surface area contributed by atoms with E-state index >= 15 is 0 Å². The second-order valence-corrected chi connectivity index (χ2v) is 4.38. The second kappa shape index (κ2) is 7.90. The van der Waals surface area contributed by atoms with Gasteiger partial charge in [0.05, 0.1) is 26.4 Å². The maximum absolute atomic E-state index is 5.64. The van der Waals surface area contributed by atoms with Crippen LogP contribution in [0.1, 0.15) is 18.9 Å². The van der Waals surface area contributed by atoms with Gasteiger partial charge in [-0.15, -0.1) is 6.58 Å². The van der Waals surface area contributed by atoms with Gasteiger partial charge in [-0.25, -0.2) is 0 Å². The van der Waals surface area contributed by atoms with Crippen LogP contribution in [0.3, 0.4) is 0 Å². The summed E-state index contributed by atoms with van der Waals surface area (Å²) >= 11 is 0. The summed E-state index contributed by atoms with van der Waals surface area (Å²) in [4.78, 5) is 0. The molecule has 0 heterocycles. The maximum Gasteiger partial charge on any atom is 0.118 e. The molecule has 3 nitrogen and oxygen atoms in total. The van der Waals surface area contributed by atoms with E-state index in [9.17, 15) is 0 Å². The molecule has 1 aromatic rings. The molecule has 0 N–H and O–H groups in total. The van der Waals surface area contributed by atoms with Crippen molar-refractivity contribution in [3.63, 3.8) is 0 Å². The lowest BCUT2D eigenvalue weighted by atomic mass is 10.1. The van der Waals surface area contributed by atoms with Crippen molar-refractivity contribution >= 4 is 0 Å².